The molecule has 0 unspecified atom stereocenters. The molecule has 0 amide bonds. The number of nitrogens with one attached hydrogen (secondary N) is 2. The Balaban J connectivity index is 0.00000312. The average Bonchev–Trinajstić information content (AvgIpc) is 3.44. The molecule has 5 nitrogen and oxygen atoms in total. The molecule has 0 aromatic carbocycles. The van der Waals surface area contributed by atoms with Gasteiger partial charge in [0, 0.05) is 44.9 Å². The molecular formula is C19H39IN4O. The highest BCUT2D eigenvalue weighted by Gasteiger charge is 2.32. The van der Waals surface area contributed by atoms with Crippen LogP contribution in [0.4, 0.5) is 0 Å². The van der Waals surface area contributed by atoms with Crippen LogP contribution in [0, 0.1) is 5.41 Å². The van der Waals surface area contributed by atoms with Crippen LogP contribution in [0.25, 0.3) is 0 Å². The summed E-state index contributed by atoms with van der Waals surface area (Å²) in [5.74, 6) is 0.951. The van der Waals surface area contributed by atoms with E-state index in [1.807, 2.05) is 0 Å². The van der Waals surface area contributed by atoms with E-state index in [2.05, 4.69) is 36.3 Å². The first-order valence-electron chi connectivity index (χ1n) is 10.1. The summed E-state index contributed by atoms with van der Waals surface area (Å²) < 4.78 is 0. The maximum atomic E-state index is 9.38. The second kappa shape index (κ2) is 11.6. The summed E-state index contributed by atoms with van der Waals surface area (Å²) in [6.07, 6.45) is 8.20. The SMILES string of the molecule is CCNC(=NCC(CC)(CC)CCO)NC1CCN(C2CC2)CC1.I. The smallest absolute Gasteiger partial charge is 0.191 e. The van der Waals surface area contributed by atoms with Gasteiger partial charge >= 0.3 is 0 Å². The average molecular weight is 466 g/mol. The third-order valence-corrected chi connectivity index (χ3v) is 5.99. The zero-order chi connectivity index (χ0) is 17.4. The molecule has 1 heterocycles. The zero-order valence-electron chi connectivity index (χ0n) is 16.4. The lowest BCUT2D eigenvalue weighted by atomic mass is 9.79. The number of hydrogen-bond donors (Lipinski definition) is 3. The molecule has 1 aliphatic carbocycles. The lowest BCUT2D eigenvalue weighted by Crippen LogP contribution is -2.49. The Kier molecular flexibility index (Phi) is 10.6. The van der Waals surface area contributed by atoms with Crippen molar-refractivity contribution in [2.24, 2.45) is 10.4 Å². The van der Waals surface area contributed by atoms with Crippen LogP contribution in [0.2, 0.25) is 0 Å². The summed E-state index contributed by atoms with van der Waals surface area (Å²) >= 11 is 0. The molecule has 1 saturated heterocycles. The highest BCUT2D eigenvalue weighted by Crippen LogP contribution is 2.31. The second-order valence-electron chi connectivity index (χ2n) is 7.56. The van der Waals surface area contributed by atoms with Crippen molar-refractivity contribution in [3.05, 3.63) is 0 Å². The Labute approximate surface area is 171 Å². The molecule has 0 aromatic rings. The number of likely N-dealkylation sites (tertiary alicyclic amines) is 1. The molecule has 2 fully saturated rings. The van der Waals surface area contributed by atoms with Crippen LogP contribution in [0.15, 0.2) is 4.99 Å². The van der Waals surface area contributed by atoms with Gasteiger partial charge in [0.1, 0.15) is 0 Å². The fourth-order valence-corrected chi connectivity index (χ4v) is 3.75. The minimum atomic E-state index is 0. The molecule has 148 valence electrons. The minimum absolute atomic E-state index is 0. The van der Waals surface area contributed by atoms with Gasteiger partial charge in [-0.15, -0.1) is 24.0 Å². The number of rotatable bonds is 9. The van der Waals surface area contributed by atoms with Gasteiger partial charge in [0.15, 0.2) is 5.96 Å². The molecule has 6 heteroatoms. The van der Waals surface area contributed by atoms with E-state index in [0.29, 0.717) is 6.04 Å². The minimum Gasteiger partial charge on any atom is -0.396 e. The number of nitrogens with zero attached hydrogens (tertiary/aromatic N) is 2. The second-order valence-corrected chi connectivity index (χ2v) is 7.56. The van der Waals surface area contributed by atoms with Gasteiger partial charge in [-0.3, -0.25) is 4.99 Å². The van der Waals surface area contributed by atoms with Crippen LogP contribution >= 0.6 is 24.0 Å². The van der Waals surface area contributed by atoms with E-state index in [1.54, 1.807) is 0 Å². The van der Waals surface area contributed by atoms with Gasteiger partial charge in [-0.25, -0.2) is 0 Å². The Hall–Kier alpha value is -0.0800. The van der Waals surface area contributed by atoms with Crippen molar-refractivity contribution < 1.29 is 5.11 Å². The van der Waals surface area contributed by atoms with Crippen molar-refractivity contribution in [3.8, 4) is 0 Å². The fraction of sp³-hybridized carbons (Fsp3) is 0.947. The molecule has 25 heavy (non-hydrogen) atoms. The van der Waals surface area contributed by atoms with Crippen molar-refractivity contribution in [2.75, 3.05) is 32.8 Å². The summed E-state index contributed by atoms with van der Waals surface area (Å²) in [6, 6.07) is 1.43. The largest absolute Gasteiger partial charge is 0.396 e. The predicted molar refractivity (Wildman–Crippen MR) is 117 cm³/mol. The van der Waals surface area contributed by atoms with Crippen molar-refractivity contribution in [1.82, 2.24) is 15.5 Å². The van der Waals surface area contributed by atoms with E-state index in [9.17, 15) is 5.11 Å². The van der Waals surface area contributed by atoms with Crippen molar-refractivity contribution in [2.45, 2.75) is 77.8 Å². The van der Waals surface area contributed by atoms with Gasteiger partial charge in [-0.05, 0) is 57.3 Å². The number of hydrogen-bond acceptors (Lipinski definition) is 3. The molecule has 0 spiro atoms. The molecule has 3 N–H and O–H groups in total. The van der Waals surface area contributed by atoms with Gasteiger partial charge in [0.25, 0.3) is 0 Å². The summed E-state index contributed by atoms with van der Waals surface area (Å²) in [6.45, 7) is 10.9. The monoisotopic (exact) mass is 466 g/mol. The summed E-state index contributed by atoms with van der Waals surface area (Å²) in [7, 11) is 0. The predicted octanol–water partition coefficient (Wildman–Crippen LogP) is 2.98. The lowest BCUT2D eigenvalue weighted by Gasteiger charge is -2.33. The number of aliphatic hydroxyl groups is 1. The molecule has 2 rings (SSSR count). The van der Waals surface area contributed by atoms with Crippen LogP contribution in [0.5, 0.6) is 0 Å². The highest BCUT2D eigenvalue weighted by atomic mass is 127. The van der Waals surface area contributed by atoms with Crippen LogP contribution in [-0.2, 0) is 0 Å². The van der Waals surface area contributed by atoms with Crippen molar-refractivity contribution >= 4 is 29.9 Å². The molecule has 1 saturated carbocycles. The number of aliphatic imine (C=N–C) groups is 1. The lowest BCUT2D eigenvalue weighted by molar-refractivity contribution is 0.175. The number of aliphatic hydroxyl groups excluding tert-OH is 1. The van der Waals surface area contributed by atoms with E-state index in [1.165, 1.54) is 38.8 Å². The van der Waals surface area contributed by atoms with Crippen LogP contribution in [-0.4, -0.2) is 60.8 Å². The van der Waals surface area contributed by atoms with E-state index >= 15 is 0 Å². The third kappa shape index (κ3) is 7.21. The first kappa shape index (κ1) is 23.0. The molecule has 0 bridgehead atoms. The summed E-state index contributed by atoms with van der Waals surface area (Å²) in [4.78, 5) is 7.53. The number of halogens is 1. The van der Waals surface area contributed by atoms with E-state index in [0.717, 1.165) is 44.4 Å². The molecule has 1 aliphatic heterocycles. The van der Waals surface area contributed by atoms with Crippen molar-refractivity contribution in [3.63, 3.8) is 0 Å². The third-order valence-electron chi connectivity index (χ3n) is 5.99. The van der Waals surface area contributed by atoms with Gasteiger partial charge in [0.2, 0.25) is 0 Å². The van der Waals surface area contributed by atoms with E-state index in [-0.39, 0.29) is 36.0 Å². The standard InChI is InChI=1S/C19H38N4O.HI/c1-4-19(5-2,11-14-24)15-21-18(20-6-3)22-16-9-12-23(13-10-16)17-7-8-17;/h16-17,24H,4-15H2,1-3H3,(H2,20,21,22);1H. The van der Waals surface area contributed by atoms with Gasteiger partial charge < -0.3 is 20.6 Å². The van der Waals surface area contributed by atoms with Crippen LogP contribution in [0.3, 0.4) is 0 Å². The molecule has 0 radical (unpaired) electrons. The first-order valence-corrected chi connectivity index (χ1v) is 10.1. The first-order chi connectivity index (χ1) is 11.7. The zero-order valence-corrected chi connectivity index (χ0v) is 18.7. The Morgan fingerprint density at radius 2 is 1.76 bits per heavy atom. The Morgan fingerprint density at radius 3 is 2.24 bits per heavy atom. The van der Waals surface area contributed by atoms with Crippen LogP contribution in [0.1, 0.15) is 65.7 Å². The molecule has 2 aliphatic rings. The topological polar surface area (TPSA) is 59.9 Å². The Morgan fingerprint density at radius 1 is 1.12 bits per heavy atom. The summed E-state index contributed by atoms with van der Waals surface area (Å²) in [5, 5.41) is 16.4. The quantitative estimate of drug-likeness (QED) is 0.278. The van der Waals surface area contributed by atoms with E-state index in [4.69, 9.17) is 4.99 Å². The Bertz CT molecular complexity index is 389. The van der Waals surface area contributed by atoms with E-state index < -0.39 is 0 Å². The number of guanidine groups is 1. The molecule has 0 atom stereocenters. The highest BCUT2D eigenvalue weighted by molar-refractivity contribution is 14.0. The fourth-order valence-electron chi connectivity index (χ4n) is 3.75. The maximum absolute atomic E-state index is 9.38. The maximum Gasteiger partial charge on any atom is 0.191 e. The van der Waals surface area contributed by atoms with Gasteiger partial charge in [-0.1, -0.05) is 13.8 Å². The van der Waals surface area contributed by atoms with Crippen LogP contribution < -0.4 is 10.6 Å². The summed E-state index contributed by atoms with van der Waals surface area (Å²) in [5.41, 5.74) is 0.131. The molecular weight excluding hydrogens is 427 g/mol. The van der Waals surface area contributed by atoms with Gasteiger partial charge in [0.05, 0.1) is 0 Å². The normalized spacial score (nSPS) is 20.2. The molecule has 0 aromatic heterocycles. The number of piperidine rings is 1. The van der Waals surface area contributed by atoms with Gasteiger partial charge in [-0.2, -0.15) is 0 Å². The van der Waals surface area contributed by atoms with Crippen molar-refractivity contribution in [1.29, 1.82) is 0 Å².